The maximum absolute atomic E-state index is 13.1. The quantitative estimate of drug-likeness (QED) is 0.709. The predicted molar refractivity (Wildman–Crippen MR) is 117 cm³/mol. The zero-order valence-corrected chi connectivity index (χ0v) is 17.8. The highest BCUT2D eigenvalue weighted by Crippen LogP contribution is 2.29. The number of sulfonamides is 1. The van der Waals surface area contributed by atoms with Crippen LogP contribution in [0, 0.1) is 0 Å². The van der Waals surface area contributed by atoms with Crippen molar-refractivity contribution in [1.29, 1.82) is 0 Å². The summed E-state index contributed by atoms with van der Waals surface area (Å²) >= 11 is 0. The van der Waals surface area contributed by atoms with Crippen molar-refractivity contribution in [2.45, 2.75) is 50.0 Å². The Morgan fingerprint density at radius 2 is 1.89 bits per heavy atom. The molecule has 0 spiro atoms. The molecule has 1 aliphatic rings. The number of rotatable bonds is 7. The molecule has 1 N–H and O–H groups in total. The molecular formula is C23H30N2O2S. The Kier molecular flexibility index (Phi) is 6.26. The van der Waals surface area contributed by atoms with Crippen molar-refractivity contribution in [3.8, 4) is 0 Å². The van der Waals surface area contributed by atoms with E-state index in [1.807, 2.05) is 30.3 Å². The maximum atomic E-state index is 13.1. The molecule has 0 unspecified atom stereocenters. The van der Waals surface area contributed by atoms with Gasteiger partial charge >= 0.3 is 0 Å². The van der Waals surface area contributed by atoms with Crippen LogP contribution in [0.4, 0.5) is 5.69 Å². The van der Waals surface area contributed by atoms with Gasteiger partial charge in [0.25, 0.3) is 10.0 Å². The largest absolute Gasteiger partial charge is 0.310 e. The second kappa shape index (κ2) is 8.50. The van der Waals surface area contributed by atoms with E-state index >= 15 is 0 Å². The van der Waals surface area contributed by atoms with Crippen molar-refractivity contribution in [2.24, 2.45) is 0 Å². The zero-order valence-electron chi connectivity index (χ0n) is 17.0. The van der Waals surface area contributed by atoms with E-state index in [4.69, 9.17) is 0 Å². The van der Waals surface area contributed by atoms with Crippen molar-refractivity contribution in [1.82, 2.24) is 5.32 Å². The van der Waals surface area contributed by atoms with Crippen molar-refractivity contribution >= 4 is 15.7 Å². The number of fused-ring (bicyclic) bond motifs is 1. The van der Waals surface area contributed by atoms with Gasteiger partial charge in [0.1, 0.15) is 0 Å². The summed E-state index contributed by atoms with van der Waals surface area (Å²) in [7, 11) is -1.94. The minimum Gasteiger partial charge on any atom is -0.310 e. The molecule has 1 aliphatic carbocycles. The third kappa shape index (κ3) is 4.31. The molecule has 5 heteroatoms. The Morgan fingerprint density at radius 1 is 1.18 bits per heavy atom. The van der Waals surface area contributed by atoms with Gasteiger partial charge in [0.2, 0.25) is 0 Å². The van der Waals surface area contributed by atoms with Gasteiger partial charge in [-0.15, -0.1) is 6.58 Å². The summed E-state index contributed by atoms with van der Waals surface area (Å²) in [6, 6.07) is 13.7. The lowest BCUT2D eigenvalue weighted by Gasteiger charge is -2.27. The van der Waals surface area contributed by atoms with Crippen LogP contribution in [0.1, 0.15) is 42.9 Å². The standard InChI is InChI=1S/C23H30N2O2S/c1-5-14-24-21-10-6-20-16-22(11-7-19(20)15-21)25(4)28(26,27)23-12-8-18(9-13-23)17(2)3/h5,7-9,11-13,16-17,21,24H,1,6,10,14-15H2,2-4H3/t21-/m0/s1. The Hall–Kier alpha value is -2.11. The normalized spacial score (nSPS) is 16.6. The lowest BCUT2D eigenvalue weighted by atomic mass is 9.88. The van der Waals surface area contributed by atoms with Gasteiger partial charge in [-0.3, -0.25) is 4.31 Å². The molecule has 28 heavy (non-hydrogen) atoms. The van der Waals surface area contributed by atoms with Crippen molar-refractivity contribution < 1.29 is 8.42 Å². The first kappa shape index (κ1) is 20.6. The van der Waals surface area contributed by atoms with Gasteiger partial charge in [0.05, 0.1) is 10.6 Å². The van der Waals surface area contributed by atoms with E-state index in [-0.39, 0.29) is 0 Å². The summed E-state index contributed by atoms with van der Waals surface area (Å²) in [6.45, 7) is 8.77. The first-order valence-electron chi connectivity index (χ1n) is 9.88. The van der Waals surface area contributed by atoms with Crippen LogP contribution in [0.5, 0.6) is 0 Å². The van der Waals surface area contributed by atoms with Gasteiger partial charge in [-0.05, 0) is 66.1 Å². The number of benzene rings is 2. The molecule has 0 bridgehead atoms. The van der Waals surface area contributed by atoms with Crippen molar-refractivity contribution in [3.63, 3.8) is 0 Å². The number of hydrogen-bond donors (Lipinski definition) is 1. The minimum absolute atomic E-state index is 0.325. The van der Waals surface area contributed by atoms with Crippen LogP contribution >= 0.6 is 0 Å². The van der Waals surface area contributed by atoms with E-state index in [2.05, 4.69) is 31.8 Å². The highest BCUT2D eigenvalue weighted by Gasteiger charge is 2.24. The summed E-state index contributed by atoms with van der Waals surface area (Å²) in [5.41, 5.74) is 4.38. The van der Waals surface area contributed by atoms with E-state index in [9.17, 15) is 8.42 Å². The van der Waals surface area contributed by atoms with Gasteiger partial charge in [0, 0.05) is 19.6 Å². The monoisotopic (exact) mass is 398 g/mol. The first-order chi connectivity index (χ1) is 13.3. The van der Waals surface area contributed by atoms with E-state index in [1.54, 1.807) is 19.2 Å². The van der Waals surface area contributed by atoms with E-state index < -0.39 is 10.0 Å². The summed E-state index contributed by atoms with van der Waals surface area (Å²) in [6.07, 6.45) is 4.86. The molecule has 150 valence electrons. The van der Waals surface area contributed by atoms with E-state index in [0.717, 1.165) is 31.4 Å². The van der Waals surface area contributed by atoms with Gasteiger partial charge < -0.3 is 5.32 Å². The van der Waals surface area contributed by atoms with Gasteiger partial charge in [-0.1, -0.05) is 38.1 Å². The molecular weight excluding hydrogens is 368 g/mol. The molecule has 0 saturated heterocycles. The fourth-order valence-electron chi connectivity index (χ4n) is 3.68. The van der Waals surface area contributed by atoms with Crippen molar-refractivity contribution in [2.75, 3.05) is 17.9 Å². The number of aryl methyl sites for hydroxylation is 1. The highest BCUT2D eigenvalue weighted by molar-refractivity contribution is 7.92. The number of nitrogens with one attached hydrogen (secondary N) is 1. The molecule has 0 radical (unpaired) electrons. The molecule has 0 aliphatic heterocycles. The van der Waals surface area contributed by atoms with E-state index in [0.29, 0.717) is 22.5 Å². The van der Waals surface area contributed by atoms with E-state index in [1.165, 1.54) is 15.4 Å². The van der Waals surface area contributed by atoms with Crippen LogP contribution in [0.25, 0.3) is 0 Å². The molecule has 0 fully saturated rings. The average molecular weight is 399 g/mol. The lowest BCUT2D eigenvalue weighted by Crippen LogP contribution is -2.34. The van der Waals surface area contributed by atoms with Gasteiger partial charge in [0.15, 0.2) is 0 Å². The predicted octanol–water partition coefficient (Wildman–Crippen LogP) is 4.27. The highest BCUT2D eigenvalue weighted by atomic mass is 32.2. The Bertz CT molecular complexity index is 934. The van der Waals surface area contributed by atoms with Gasteiger partial charge in [-0.25, -0.2) is 8.42 Å². The molecule has 0 heterocycles. The third-order valence-corrected chi connectivity index (χ3v) is 7.34. The summed E-state index contributed by atoms with van der Waals surface area (Å²) < 4.78 is 27.5. The number of nitrogens with zero attached hydrogens (tertiary/aromatic N) is 1. The van der Waals surface area contributed by atoms with Crippen LogP contribution in [-0.2, 0) is 22.9 Å². The Labute approximate surface area is 169 Å². The SMILES string of the molecule is C=CCN[C@H]1CCc2cc(N(C)S(=O)(=O)c3ccc(C(C)C)cc3)ccc2C1. The summed E-state index contributed by atoms with van der Waals surface area (Å²) in [5.74, 6) is 0.375. The second-order valence-corrected chi connectivity index (χ2v) is 9.76. The third-order valence-electron chi connectivity index (χ3n) is 5.54. The van der Waals surface area contributed by atoms with Crippen LogP contribution in [-0.4, -0.2) is 28.1 Å². The number of hydrogen-bond acceptors (Lipinski definition) is 3. The molecule has 0 amide bonds. The van der Waals surface area contributed by atoms with Crippen LogP contribution < -0.4 is 9.62 Å². The summed E-state index contributed by atoms with van der Waals surface area (Å²) in [5, 5.41) is 3.48. The fourth-order valence-corrected chi connectivity index (χ4v) is 4.87. The molecule has 0 aromatic heterocycles. The molecule has 4 nitrogen and oxygen atoms in total. The lowest BCUT2D eigenvalue weighted by molar-refractivity contribution is 0.480. The second-order valence-electron chi connectivity index (χ2n) is 7.79. The summed E-state index contributed by atoms with van der Waals surface area (Å²) in [4.78, 5) is 0.325. The molecule has 0 saturated carbocycles. The van der Waals surface area contributed by atoms with Crippen LogP contribution in [0.15, 0.2) is 60.0 Å². The maximum Gasteiger partial charge on any atom is 0.264 e. The van der Waals surface area contributed by atoms with Crippen LogP contribution in [0.3, 0.4) is 0 Å². The molecule has 2 aromatic carbocycles. The average Bonchev–Trinajstić information content (AvgIpc) is 2.71. The minimum atomic E-state index is -3.57. The topological polar surface area (TPSA) is 49.4 Å². The zero-order chi connectivity index (χ0) is 20.3. The van der Waals surface area contributed by atoms with Gasteiger partial charge in [-0.2, -0.15) is 0 Å². The Balaban J connectivity index is 1.80. The Morgan fingerprint density at radius 3 is 2.54 bits per heavy atom. The first-order valence-corrected chi connectivity index (χ1v) is 11.3. The van der Waals surface area contributed by atoms with Crippen LogP contribution in [0.2, 0.25) is 0 Å². The van der Waals surface area contributed by atoms with Crippen molar-refractivity contribution in [3.05, 3.63) is 71.8 Å². The smallest absolute Gasteiger partial charge is 0.264 e. The molecule has 2 aromatic rings. The molecule has 3 rings (SSSR count). The fraction of sp³-hybridized carbons (Fsp3) is 0.391. The molecule has 1 atom stereocenters. The number of anilines is 1.